The van der Waals surface area contributed by atoms with Crippen LogP contribution in [-0.2, 0) is 16.0 Å². The molecule has 1 heterocycles. The van der Waals surface area contributed by atoms with Crippen molar-refractivity contribution < 1.29 is 9.59 Å². The van der Waals surface area contributed by atoms with Gasteiger partial charge in [0, 0.05) is 32.0 Å². The van der Waals surface area contributed by atoms with Gasteiger partial charge in [0.1, 0.15) is 0 Å². The van der Waals surface area contributed by atoms with Crippen molar-refractivity contribution in [1.82, 2.24) is 10.2 Å². The molecular formula is C19H28N2O2. The molecule has 0 unspecified atom stereocenters. The minimum Gasteiger partial charge on any atom is -0.353 e. The quantitative estimate of drug-likeness (QED) is 0.877. The molecule has 1 aromatic rings. The van der Waals surface area contributed by atoms with Crippen LogP contribution in [-0.4, -0.2) is 35.8 Å². The summed E-state index contributed by atoms with van der Waals surface area (Å²) in [5, 5.41) is 3.11. The van der Waals surface area contributed by atoms with E-state index >= 15 is 0 Å². The van der Waals surface area contributed by atoms with Crippen LogP contribution >= 0.6 is 0 Å². The van der Waals surface area contributed by atoms with Crippen LogP contribution < -0.4 is 5.32 Å². The molecule has 0 aliphatic carbocycles. The highest BCUT2D eigenvalue weighted by Gasteiger charge is 2.23. The number of piperidine rings is 1. The molecule has 0 atom stereocenters. The van der Waals surface area contributed by atoms with E-state index in [0.717, 1.165) is 32.4 Å². The Kier molecular flexibility index (Phi) is 6.63. The van der Waals surface area contributed by atoms with Gasteiger partial charge in [-0.2, -0.15) is 0 Å². The number of hydrogen-bond acceptors (Lipinski definition) is 2. The second-order valence-electron chi connectivity index (χ2n) is 6.81. The number of likely N-dealkylation sites (tertiary alicyclic amines) is 1. The lowest BCUT2D eigenvalue weighted by Gasteiger charge is -2.33. The maximum absolute atomic E-state index is 12.1. The molecule has 0 aromatic heterocycles. The van der Waals surface area contributed by atoms with E-state index in [2.05, 4.69) is 19.2 Å². The predicted molar refractivity (Wildman–Crippen MR) is 92.0 cm³/mol. The predicted octanol–water partition coefficient (Wildman–Crippen LogP) is 2.77. The van der Waals surface area contributed by atoms with E-state index in [0.29, 0.717) is 18.8 Å². The van der Waals surface area contributed by atoms with Gasteiger partial charge in [0.25, 0.3) is 0 Å². The van der Waals surface area contributed by atoms with Gasteiger partial charge in [-0.05, 0) is 30.7 Å². The third-order valence-corrected chi connectivity index (χ3v) is 4.28. The van der Waals surface area contributed by atoms with E-state index in [1.807, 2.05) is 35.2 Å². The van der Waals surface area contributed by atoms with Gasteiger partial charge in [0.2, 0.25) is 11.8 Å². The average molecular weight is 316 g/mol. The summed E-state index contributed by atoms with van der Waals surface area (Å²) in [5.74, 6) is 0.757. The number of aryl methyl sites for hydroxylation is 1. The molecular weight excluding hydrogens is 288 g/mol. The summed E-state index contributed by atoms with van der Waals surface area (Å²) >= 11 is 0. The Balaban J connectivity index is 1.67. The largest absolute Gasteiger partial charge is 0.353 e. The van der Waals surface area contributed by atoms with Crippen LogP contribution in [0.1, 0.15) is 45.1 Å². The Bertz CT molecular complexity index is 505. The number of amides is 2. The summed E-state index contributed by atoms with van der Waals surface area (Å²) in [4.78, 5) is 26.0. The van der Waals surface area contributed by atoms with Crippen molar-refractivity contribution in [3.8, 4) is 0 Å². The summed E-state index contributed by atoms with van der Waals surface area (Å²) in [6.07, 6.45) is 3.64. The van der Waals surface area contributed by atoms with Gasteiger partial charge in [0.15, 0.2) is 0 Å². The van der Waals surface area contributed by atoms with Gasteiger partial charge in [-0.1, -0.05) is 44.2 Å². The summed E-state index contributed by atoms with van der Waals surface area (Å²) in [6, 6.07) is 10.3. The van der Waals surface area contributed by atoms with E-state index in [1.165, 1.54) is 5.56 Å². The topological polar surface area (TPSA) is 49.4 Å². The van der Waals surface area contributed by atoms with Gasteiger partial charge < -0.3 is 10.2 Å². The Labute approximate surface area is 139 Å². The fraction of sp³-hybridized carbons (Fsp3) is 0.579. The minimum absolute atomic E-state index is 0.112. The van der Waals surface area contributed by atoms with Crippen molar-refractivity contribution in [2.24, 2.45) is 5.92 Å². The Morgan fingerprint density at radius 3 is 2.43 bits per heavy atom. The smallest absolute Gasteiger partial charge is 0.222 e. The first-order chi connectivity index (χ1) is 11.0. The minimum atomic E-state index is 0.112. The standard InChI is InChI=1S/C19H28N2O2/c1-15(2)14-19(23)21-12-10-17(11-13-21)20-18(22)9-8-16-6-4-3-5-7-16/h3-7,15,17H,8-14H2,1-2H3,(H,20,22). The van der Waals surface area contributed by atoms with Gasteiger partial charge in [-0.3, -0.25) is 9.59 Å². The van der Waals surface area contributed by atoms with E-state index in [9.17, 15) is 9.59 Å². The average Bonchev–Trinajstić information content (AvgIpc) is 2.54. The van der Waals surface area contributed by atoms with Gasteiger partial charge >= 0.3 is 0 Å². The molecule has 1 saturated heterocycles. The zero-order chi connectivity index (χ0) is 16.7. The number of carbonyl (C=O) groups excluding carboxylic acids is 2. The molecule has 1 fully saturated rings. The Morgan fingerprint density at radius 1 is 1.17 bits per heavy atom. The molecule has 1 N–H and O–H groups in total. The second-order valence-corrected chi connectivity index (χ2v) is 6.81. The third kappa shape index (κ3) is 6.05. The zero-order valence-corrected chi connectivity index (χ0v) is 14.3. The van der Waals surface area contributed by atoms with Crippen LogP contribution in [0.2, 0.25) is 0 Å². The maximum atomic E-state index is 12.1. The first-order valence-electron chi connectivity index (χ1n) is 8.65. The summed E-state index contributed by atoms with van der Waals surface area (Å²) < 4.78 is 0. The van der Waals surface area contributed by atoms with Crippen LogP contribution in [0.15, 0.2) is 30.3 Å². The third-order valence-electron chi connectivity index (χ3n) is 4.28. The molecule has 1 aliphatic rings. The molecule has 2 rings (SSSR count). The molecule has 0 saturated carbocycles. The van der Waals surface area contributed by atoms with Crippen LogP contribution in [0.4, 0.5) is 0 Å². The molecule has 4 heteroatoms. The van der Waals surface area contributed by atoms with Crippen LogP contribution in [0, 0.1) is 5.92 Å². The molecule has 0 radical (unpaired) electrons. The summed E-state index contributed by atoms with van der Waals surface area (Å²) in [5.41, 5.74) is 1.19. The summed E-state index contributed by atoms with van der Waals surface area (Å²) in [7, 11) is 0. The lowest BCUT2D eigenvalue weighted by atomic mass is 10.0. The first kappa shape index (κ1) is 17.5. The van der Waals surface area contributed by atoms with E-state index in [4.69, 9.17) is 0 Å². The molecule has 0 bridgehead atoms. The van der Waals surface area contributed by atoms with Crippen molar-refractivity contribution in [2.45, 2.75) is 52.0 Å². The van der Waals surface area contributed by atoms with E-state index in [1.54, 1.807) is 0 Å². The SMILES string of the molecule is CC(C)CC(=O)N1CCC(NC(=O)CCc2ccccc2)CC1. The van der Waals surface area contributed by atoms with Gasteiger partial charge in [-0.15, -0.1) is 0 Å². The number of carbonyl (C=O) groups is 2. The zero-order valence-electron chi connectivity index (χ0n) is 14.3. The fourth-order valence-electron chi connectivity index (χ4n) is 2.95. The Hall–Kier alpha value is -1.84. The fourth-order valence-corrected chi connectivity index (χ4v) is 2.95. The second kappa shape index (κ2) is 8.70. The number of benzene rings is 1. The van der Waals surface area contributed by atoms with E-state index in [-0.39, 0.29) is 17.9 Å². The highest BCUT2D eigenvalue weighted by atomic mass is 16.2. The monoisotopic (exact) mass is 316 g/mol. The van der Waals surface area contributed by atoms with Crippen LogP contribution in [0.3, 0.4) is 0 Å². The first-order valence-corrected chi connectivity index (χ1v) is 8.65. The molecule has 1 aromatic carbocycles. The highest BCUT2D eigenvalue weighted by Crippen LogP contribution is 2.14. The Morgan fingerprint density at radius 2 is 1.83 bits per heavy atom. The molecule has 0 spiro atoms. The van der Waals surface area contributed by atoms with Gasteiger partial charge in [0.05, 0.1) is 0 Å². The van der Waals surface area contributed by atoms with Crippen molar-refractivity contribution >= 4 is 11.8 Å². The lowest BCUT2D eigenvalue weighted by molar-refractivity contribution is -0.133. The number of nitrogens with zero attached hydrogens (tertiary/aromatic N) is 1. The van der Waals surface area contributed by atoms with E-state index < -0.39 is 0 Å². The molecule has 126 valence electrons. The molecule has 4 nitrogen and oxygen atoms in total. The number of nitrogens with one attached hydrogen (secondary N) is 1. The van der Waals surface area contributed by atoms with Crippen molar-refractivity contribution in [3.63, 3.8) is 0 Å². The highest BCUT2D eigenvalue weighted by molar-refractivity contribution is 5.77. The van der Waals surface area contributed by atoms with Crippen molar-refractivity contribution in [1.29, 1.82) is 0 Å². The maximum Gasteiger partial charge on any atom is 0.222 e. The lowest BCUT2D eigenvalue weighted by Crippen LogP contribution is -2.46. The summed E-state index contributed by atoms with van der Waals surface area (Å²) in [6.45, 7) is 5.65. The number of rotatable bonds is 6. The van der Waals surface area contributed by atoms with Crippen LogP contribution in [0.25, 0.3) is 0 Å². The normalized spacial score (nSPS) is 15.7. The van der Waals surface area contributed by atoms with Crippen LogP contribution in [0.5, 0.6) is 0 Å². The van der Waals surface area contributed by atoms with Crippen molar-refractivity contribution in [2.75, 3.05) is 13.1 Å². The molecule has 2 amide bonds. The number of hydrogen-bond donors (Lipinski definition) is 1. The molecule has 23 heavy (non-hydrogen) atoms. The van der Waals surface area contributed by atoms with Gasteiger partial charge in [-0.25, -0.2) is 0 Å². The molecule has 1 aliphatic heterocycles. The van der Waals surface area contributed by atoms with Crippen molar-refractivity contribution in [3.05, 3.63) is 35.9 Å².